The number of aromatic nitrogens is 2. The second-order valence-electron chi connectivity index (χ2n) is 8.21. The van der Waals surface area contributed by atoms with Gasteiger partial charge >= 0.3 is 0 Å². The monoisotopic (exact) mass is 490 g/mol. The Balaban J connectivity index is 1.24. The van der Waals surface area contributed by atoms with Crippen LogP contribution in [0.3, 0.4) is 0 Å². The number of para-hydroxylation sites is 1. The molecular weight excluding hydrogens is 469 g/mol. The molecule has 9 heteroatoms. The highest BCUT2D eigenvalue weighted by Gasteiger charge is 2.26. The molecule has 1 aromatic heterocycles. The SMILES string of the molecule is O=C(c1cc(F)c(F)cc1F)N1CCN(c2nccc(-c3ccc(Oc4ccccc4)cc3)n2)CC1. The minimum absolute atomic E-state index is 0.260. The van der Waals surface area contributed by atoms with Crippen molar-refractivity contribution in [3.05, 3.63) is 102 Å². The van der Waals surface area contributed by atoms with E-state index in [0.717, 1.165) is 17.0 Å². The molecule has 0 saturated carbocycles. The molecule has 5 rings (SSSR count). The molecule has 6 nitrogen and oxygen atoms in total. The van der Waals surface area contributed by atoms with Crippen LogP contribution in [0.5, 0.6) is 11.5 Å². The van der Waals surface area contributed by atoms with Gasteiger partial charge in [-0.25, -0.2) is 23.1 Å². The highest BCUT2D eigenvalue weighted by atomic mass is 19.2. The van der Waals surface area contributed by atoms with Crippen molar-refractivity contribution in [1.29, 1.82) is 0 Å². The van der Waals surface area contributed by atoms with Crippen molar-refractivity contribution in [1.82, 2.24) is 14.9 Å². The van der Waals surface area contributed by atoms with Crippen LogP contribution in [0.4, 0.5) is 19.1 Å². The number of nitrogens with zero attached hydrogens (tertiary/aromatic N) is 4. The Morgan fingerprint density at radius 2 is 1.44 bits per heavy atom. The molecular formula is C27H21F3N4O2. The second-order valence-corrected chi connectivity index (χ2v) is 8.21. The molecule has 1 aliphatic heterocycles. The lowest BCUT2D eigenvalue weighted by atomic mass is 10.1. The summed E-state index contributed by atoms with van der Waals surface area (Å²) in [7, 11) is 0. The lowest BCUT2D eigenvalue weighted by Crippen LogP contribution is -2.49. The van der Waals surface area contributed by atoms with Crippen LogP contribution in [0, 0.1) is 17.5 Å². The molecule has 0 bridgehead atoms. The molecule has 1 aliphatic rings. The maximum absolute atomic E-state index is 14.0. The summed E-state index contributed by atoms with van der Waals surface area (Å²) < 4.78 is 46.6. The number of benzene rings is 3. The van der Waals surface area contributed by atoms with E-state index in [2.05, 4.69) is 9.97 Å². The Morgan fingerprint density at radius 1 is 0.778 bits per heavy atom. The highest BCUT2D eigenvalue weighted by molar-refractivity contribution is 5.94. The molecule has 2 heterocycles. The Morgan fingerprint density at radius 3 is 2.17 bits per heavy atom. The van der Waals surface area contributed by atoms with Crippen LogP contribution in [0.15, 0.2) is 79.0 Å². The van der Waals surface area contributed by atoms with Crippen LogP contribution in [0.1, 0.15) is 10.4 Å². The smallest absolute Gasteiger partial charge is 0.257 e. The first-order valence-electron chi connectivity index (χ1n) is 11.3. The molecule has 0 atom stereocenters. The van der Waals surface area contributed by atoms with Crippen molar-refractivity contribution in [3.63, 3.8) is 0 Å². The molecule has 1 amide bonds. The number of piperazine rings is 1. The molecule has 0 N–H and O–H groups in total. The molecule has 3 aromatic carbocycles. The van der Waals surface area contributed by atoms with Gasteiger partial charge in [0.05, 0.1) is 11.3 Å². The number of carbonyl (C=O) groups is 1. The van der Waals surface area contributed by atoms with Gasteiger partial charge in [-0.1, -0.05) is 18.2 Å². The summed E-state index contributed by atoms with van der Waals surface area (Å²) in [6, 6.07) is 19.9. The summed E-state index contributed by atoms with van der Waals surface area (Å²) in [5.74, 6) is -2.40. The van der Waals surface area contributed by atoms with Gasteiger partial charge in [0, 0.05) is 44.0 Å². The van der Waals surface area contributed by atoms with E-state index in [4.69, 9.17) is 4.74 Å². The normalized spacial score (nSPS) is 13.5. The van der Waals surface area contributed by atoms with Gasteiger partial charge in [0.1, 0.15) is 17.3 Å². The summed E-state index contributed by atoms with van der Waals surface area (Å²) in [5, 5.41) is 0. The van der Waals surface area contributed by atoms with Crippen LogP contribution in [0.2, 0.25) is 0 Å². The molecule has 0 unspecified atom stereocenters. The van der Waals surface area contributed by atoms with E-state index in [9.17, 15) is 18.0 Å². The number of hydrogen-bond acceptors (Lipinski definition) is 5. The number of carbonyl (C=O) groups excluding carboxylic acids is 1. The van der Waals surface area contributed by atoms with E-state index < -0.39 is 28.9 Å². The number of ether oxygens (including phenoxy) is 1. The molecule has 1 fully saturated rings. The Hall–Kier alpha value is -4.40. The highest BCUT2D eigenvalue weighted by Crippen LogP contribution is 2.26. The first kappa shape index (κ1) is 23.3. The minimum atomic E-state index is -1.33. The largest absolute Gasteiger partial charge is 0.457 e. The predicted octanol–water partition coefficient (Wildman–Crippen LogP) is 5.32. The van der Waals surface area contributed by atoms with Crippen molar-refractivity contribution in [3.8, 4) is 22.8 Å². The number of anilines is 1. The standard InChI is InChI=1S/C27H21F3N4O2/c28-22-17-24(30)23(29)16-21(22)26(35)33-12-14-34(15-13-33)27-31-11-10-25(32-27)18-6-8-20(9-7-18)36-19-4-2-1-3-5-19/h1-11,16-17H,12-15H2. The van der Waals surface area contributed by atoms with Gasteiger partial charge in [0.25, 0.3) is 5.91 Å². The van der Waals surface area contributed by atoms with E-state index in [1.165, 1.54) is 4.90 Å². The van der Waals surface area contributed by atoms with E-state index in [1.807, 2.05) is 65.6 Å². The van der Waals surface area contributed by atoms with Gasteiger partial charge in [-0.15, -0.1) is 0 Å². The summed E-state index contributed by atoms with van der Waals surface area (Å²) in [4.78, 5) is 25.0. The van der Waals surface area contributed by atoms with E-state index in [1.54, 1.807) is 6.20 Å². The molecule has 182 valence electrons. The van der Waals surface area contributed by atoms with Crippen molar-refractivity contribution in [2.75, 3.05) is 31.1 Å². The average molecular weight is 490 g/mol. The van der Waals surface area contributed by atoms with Crippen LogP contribution >= 0.6 is 0 Å². The molecule has 36 heavy (non-hydrogen) atoms. The van der Waals surface area contributed by atoms with Gasteiger partial charge in [0.15, 0.2) is 11.6 Å². The summed E-state index contributed by atoms with van der Waals surface area (Å²) >= 11 is 0. The Bertz CT molecular complexity index is 1380. The third kappa shape index (κ3) is 5.00. The van der Waals surface area contributed by atoms with Crippen LogP contribution in [0.25, 0.3) is 11.3 Å². The molecule has 1 saturated heterocycles. The zero-order chi connectivity index (χ0) is 25.1. The van der Waals surface area contributed by atoms with Gasteiger partial charge in [-0.2, -0.15) is 0 Å². The zero-order valence-electron chi connectivity index (χ0n) is 19.1. The number of hydrogen-bond donors (Lipinski definition) is 0. The number of rotatable bonds is 5. The third-order valence-electron chi connectivity index (χ3n) is 5.86. The van der Waals surface area contributed by atoms with Gasteiger partial charge in [-0.05, 0) is 48.5 Å². The number of halogens is 3. The predicted molar refractivity (Wildman–Crippen MR) is 128 cm³/mol. The fourth-order valence-corrected chi connectivity index (χ4v) is 3.95. The molecule has 0 aliphatic carbocycles. The Labute approximate surface area is 205 Å². The molecule has 4 aromatic rings. The quantitative estimate of drug-likeness (QED) is 0.355. The number of amides is 1. The summed E-state index contributed by atoms with van der Waals surface area (Å²) in [5.41, 5.74) is 1.13. The van der Waals surface area contributed by atoms with Gasteiger partial charge in [-0.3, -0.25) is 4.79 Å². The lowest BCUT2D eigenvalue weighted by Gasteiger charge is -2.34. The van der Waals surface area contributed by atoms with E-state index in [-0.39, 0.29) is 13.1 Å². The van der Waals surface area contributed by atoms with Crippen molar-refractivity contribution in [2.45, 2.75) is 0 Å². The first-order chi connectivity index (χ1) is 17.5. The van der Waals surface area contributed by atoms with Crippen molar-refractivity contribution < 1.29 is 22.7 Å². The fourth-order valence-electron chi connectivity index (χ4n) is 3.95. The summed E-state index contributed by atoms with van der Waals surface area (Å²) in [6.45, 7) is 1.33. The second kappa shape index (κ2) is 10.1. The van der Waals surface area contributed by atoms with Crippen LogP contribution in [-0.2, 0) is 0 Å². The topological polar surface area (TPSA) is 58.6 Å². The Kier molecular flexibility index (Phi) is 6.53. The third-order valence-corrected chi connectivity index (χ3v) is 5.86. The maximum atomic E-state index is 14.0. The zero-order valence-corrected chi connectivity index (χ0v) is 19.1. The van der Waals surface area contributed by atoms with E-state index in [0.29, 0.717) is 36.9 Å². The van der Waals surface area contributed by atoms with Crippen LogP contribution < -0.4 is 9.64 Å². The summed E-state index contributed by atoms with van der Waals surface area (Å²) in [6.07, 6.45) is 1.67. The van der Waals surface area contributed by atoms with Crippen molar-refractivity contribution >= 4 is 11.9 Å². The van der Waals surface area contributed by atoms with E-state index >= 15 is 0 Å². The minimum Gasteiger partial charge on any atom is -0.457 e. The maximum Gasteiger partial charge on any atom is 0.257 e. The molecule has 0 radical (unpaired) electrons. The van der Waals surface area contributed by atoms with Gasteiger partial charge in [0.2, 0.25) is 5.95 Å². The average Bonchev–Trinajstić information content (AvgIpc) is 2.91. The van der Waals surface area contributed by atoms with Crippen molar-refractivity contribution in [2.24, 2.45) is 0 Å². The lowest BCUT2D eigenvalue weighted by molar-refractivity contribution is 0.0740. The van der Waals surface area contributed by atoms with Gasteiger partial charge < -0.3 is 14.5 Å². The van der Waals surface area contributed by atoms with Crippen LogP contribution in [-0.4, -0.2) is 47.0 Å². The molecule has 0 spiro atoms. The first-order valence-corrected chi connectivity index (χ1v) is 11.3. The fraction of sp³-hybridized carbons (Fsp3) is 0.148.